The van der Waals surface area contributed by atoms with E-state index >= 15 is 0 Å². The summed E-state index contributed by atoms with van der Waals surface area (Å²) >= 11 is 0. The molecule has 1 unspecified atom stereocenters. The van der Waals surface area contributed by atoms with Gasteiger partial charge in [0.2, 0.25) is 5.91 Å². The molecule has 0 spiro atoms. The maximum atomic E-state index is 12.6. The minimum atomic E-state index is -0.724. The Balaban J connectivity index is 1.53. The highest BCUT2D eigenvalue weighted by Crippen LogP contribution is 2.26. The third-order valence-corrected chi connectivity index (χ3v) is 5.26. The number of hydrogen-bond donors (Lipinski definition) is 2. The van der Waals surface area contributed by atoms with Crippen molar-refractivity contribution in [1.29, 1.82) is 0 Å². The average Bonchev–Trinajstić information content (AvgIpc) is 2.79. The highest BCUT2D eigenvalue weighted by Gasteiger charge is 2.21. The number of carbonyl (C=O) groups excluding carboxylic acids is 2. The van der Waals surface area contributed by atoms with Gasteiger partial charge in [-0.05, 0) is 31.2 Å². The summed E-state index contributed by atoms with van der Waals surface area (Å²) in [4.78, 5) is 29.4. The number of benzene rings is 2. The Morgan fingerprint density at radius 3 is 2.37 bits per heavy atom. The van der Waals surface area contributed by atoms with Gasteiger partial charge in [0.25, 0.3) is 0 Å². The van der Waals surface area contributed by atoms with Crippen LogP contribution in [0.4, 0.5) is 16.2 Å². The quantitative estimate of drug-likeness (QED) is 0.734. The lowest BCUT2D eigenvalue weighted by Crippen LogP contribution is -2.46. The lowest BCUT2D eigenvalue weighted by atomic mass is 10.2. The maximum Gasteiger partial charge on any atom is 0.408 e. The molecule has 2 aromatic rings. The Labute approximate surface area is 178 Å². The van der Waals surface area contributed by atoms with Crippen molar-refractivity contribution in [2.24, 2.45) is 0 Å². The van der Waals surface area contributed by atoms with Gasteiger partial charge < -0.3 is 25.2 Å². The van der Waals surface area contributed by atoms with Gasteiger partial charge in [-0.2, -0.15) is 0 Å². The fourth-order valence-corrected chi connectivity index (χ4v) is 3.41. The summed E-state index contributed by atoms with van der Waals surface area (Å²) in [5, 5.41) is 5.54. The van der Waals surface area contributed by atoms with Crippen molar-refractivity contribution in [1.82, 2.24) is 10.2 Å². The van der Waals surface area contributed by atoms with Crippen LogP contribution in [0.15, 0.2) is 54.6 Å². The molecule has 1 atom stereocenters. The Morgan fingerprint density at radius 2 is 1.67 bits per heavy atom. The van der Waals surface area contributed by atoms with E-state index in [0.717, 1.165) is 49.7 Å². The average molecular weight is 411 g/mol. The smallest absolute Gasteiger partial charge is 0.408 e. The van der Waals surface area contributed by atoms with Gasteiger partial charge in [-0.15, -0.1) is 0 Å². The van der Waals surface area contributed by atoms with Crippen molar-refractivity contribution in [3.8, 4) is 0 Å². The van der Waals surface area contributed by atoms with Gasteiger partial charge in [0, 0.05) is 26.2 Å². The molecule has 160 valence electrons. The van der Waals surface area contributed by atoms with E-state index in [1.165, 1.54) is 0 Å². The Hall–Kier alpha value is -3.06. The van der Waals surface area contributed by atoms with Gasteiger partial charge in [-0.3, -0.25) is 4.79 Å². The molecule has 1 aliphatic rings. The number of ether oxygens (including phenoxy) is 1. The van der Waals surface area contributed by atoms with Crippen LogP contribution in [-0.4, -0.2) is 55.7 Å². The van der Waals surface area contributed by atoms with Gasteiger partial charge in [0.15, 0.2) is 0 Å². The second-order valence-electron chi connectivity index (χ2n) is 7.36. The fraction of sp³-hybridized carbons (Fsp3) is 0.391. The van der Waals surface area contributed by atoms with Crippen LogP contribution in [0, 0.1) is 0 Å². The van der Waals surface area contributed by atoms with Crippen LogP contribution in [0.3, 0.4) is 0 Å². The first-order chi connectivity index (χ1) is 14.6. The molecule has 1 saturated heterocycles. The molecule has 7 heteroatoms. The van der Waals surface area contributed by atoms with E-state index in [2.05, 4.69) is 27.4 Å². The Morgan fingerprint density at radius 1 is 1.00 bits per heavy atom. The monoisotopic (exact) mass is 410 g/mol. The number of alkyl carbamates (subject to hydrolysis) is 1. The van der Waals surface area contributed by atoms with E-state index in [1.807, 2.05) is 54.6 Å². The van der Waals surface area contributed by atoms with Gasteiger partial charge in [0.1, 0.15) is 12.6 Å². The first-order valence-corrected chi connectivity index (χ1v) is 10.4. The molecule has 2 amide bonds. The number of carbonyl (C=O) groups is 2. The van der Waals surface area contributed by atoms with E-state index in [1.54, 1.807) is 6.92 Å². The standard InChI is InChI=1S/C23H30N4O3/c1-3-26-13-15-27(16-14-26)21-12-8-7-11-20(21)25-22(28)18(2)24-23(29)30-17-19-9-5-4-6-10-19/h4-12,18H,3,13-17H2,1-2H3,(H,24,29)(H,25,28). The summed E-state index contributed by atoms with van der Waals surface area (Å²) in [5.74, 6) is -0.286. The highest BCUT2D eigenvalue weighted by atomic mass is 16.5. The lowest BCUT2D eigenvalue weighted by Gasteiger charge is -2.36. The van der Waals surface area contributed by atoms with E-state index in [-0.39, 0.29) is 12.5 Å². The predicted octanol–water partition coefficient (Wildman–Crippen LogP) is 3.08. The Bertz CT molecular complexity index is 835. The summed E-state index contributed by atoms with van der Waals surface area (Å²) in [7, 11) is 0. The number of likely N-dealkylation sites (N-methyl/N-ethyl adjacent to an activating group) is 1. The summed E-state index contributed by atoms with van der Waals surface area (Å²) in [6.07, 6.45) is -0.620. The number of piperazine rings is 1. The van der Waals surface area contributed by atoms with Crippen LogP contribution in [0.2, 0.25) is 0 Å². The minimum Gasteiger partial charge on any atom is -0.445 e. The number of nitrogens with zero attached hydrogens (tertiary/aromatic N) is 2. The highest BCUT2D eigenvalue weighted by molar-refractivity contribution is 5.98. The zero-order valence-electron chi connectivity index (χ0n) is 17.6. The number of para-hydroxylation sites is 2. The second kappa shape index (κ2) is 10.6. The molecule has 2 aromatic carbocycles. The molecule has 0 saturated carbocycles. The van der Waals surface area contributed by atoms with Gasteiger partial charge >= 0.3 is 6.09 Å². The number of rotatable bonds is 7. The molecule has 1 fully saturated rings. The van der Waals surface area contributed by atoms with Crippen LogP contribution in [-0.2, 0) is 16.1 Å². The molecule has 1 aliphatic heterocycles. The minimum absolute atomic E-state index is 0.160. The molecular weight excluding hydrogens is 380 g/mol. The third kappa shape index (κ3) is 5.97. The molecule has 1 heterocycles. The normalized spacial score (nSPS) is 15.3. The zero-order valence-corrected chi connectivity index (χ0v) is 17.6. The first kappa shape index (κ1) is 21.6. The van der Waals surface area contributed by atoms with Gasteiger partial charge in [-0.1, -0.05) is 49.4 Å². The zero-order chi connectivity index (χ0) is 21.3. The molecular formula is C23H30N4O3. The van der Waals surface area contributed by atoms with Crippen molar-refractivity contribution >= 4 is 23.4 Å². The molecule has 30 heavy (non-hydrogen) atoms. The fourth-order valence-electron chi connectivity index (χ4n) is 3.41. The largest absolute Gasteiger partial charge is 0.445 e. The van der Waals surface area contributed by atoms with Crippen molar-refractivity contribution in [2.75, 3.05) is 42.9 Å². The van der Waals surface area contributed by atoms with Crippen LogP contribution in [0.5, 0.6) is 0 Å². The molecule has 0 aromatic heterocycles. The number of anilines is 2. The number of nitrogens with one attached hydrogen (secondary N) is 2. The molecule has 3 rings (SSSR count). The number of hydrogen-bond acceptors (Lipinski definition) is 5. The lowest BCUT2D eigenvalue weighted by molar-refractivity contribution is -0.117. The van der Waals surface area contributed by atoms with E-state index in [0.29, 0.717) is 0 Å². The third-order valence-electron chi connectivity index (χ3n) is 5.26. The van der Waals surface area contributed by atoms with Crippen molar-refractivity contribution in [3.05, 3.63) is 60.2 Å². The molecule has 2 N–H and O–H groups in total. The van der Waals surface area contributed by atoms with Crippen LogP contribution in [0.1, 0.15) is 19.4 Å². The SMILES string of the molecule is CCN1CCN(c2ccccc2NC(=O)C(C)NC(=O)OCc2ccccc2)CC1. The summed E-state index contributed by atoms with van der Waals surface area (Å²) in [5.41, 5.74) is 2.64. The van der Waals surface area contributed by atoms with Crippen molar-refractivity contribution < 1.29 is 14.3 Å². The molecule has 7 nitrogen and oxygen atoms in total. The Kier molecular flexibility index (Phi) is 7.68. The molecule has 0 bridgehead atoms. The van der Waals surface area contributed by atoms with E-state index < -0.39 is 12.1 Å². The second-order valence-corrected chi connectivity index (χ2v) is 7.36. The first-order valence-electron chi connectivity index (χ1n) is 10.4. The molecule has 0 aliphatic carbocycles. The molecule has 0 radical (unpaired) electrons. The topological polar surface area (TPSA) is 73.9 Å². The number of amides is 2. The van der Waals surface area contributed by atoms with E-state index in [4.69, 9.17) is 4.74 Å². The predicted molar refractivity (Wildman–Crippen MR) is 119 cm³/mol. The van der Waals surface area contributed by atoms with E-state index in [9.17, 15) is 9.59 Å². The van der Waals surface area contributed by atoms with Gasteiger partial charge in [-0.25, -0.2) is 4.79 Å². The van der Waals surface area contributed by atoms with Crippen molar-refractivity contribution in [3.63, 3.8) is 0 Å². The van der Waals surface area contributed by atoms with Crippen molar-refractivity contribution in [2.45, 2.75) is 26.5 Å². The van der Waals surface area contributed by atoms with Crippen LogP contribution < -0.4 is 15.5 Å². The van der Waals surface area contributed by atoms with Crippen LogP contribution >= 0.6 is 0 Å². The summed E-state index contributed by atoms with van der Waals surface area (Å²) < 4.78 is 5.20. The maximum absolute atomic E-state index is 12.6. The summed E-state index contributed by atoms with van der Waals surface area (Å²) in [6.45, 7) is 8.86. The van der Waals surface area contributed by atoms with Crippen LogP contribution in [0.25, 0.3) is 0 Å². The summed E-state index contributed by atoms with van der Waals surface area (Å²) in [6, 6.07) is 16.5. The van der Waals surface area contributed by atoms with Gasteiger partial charge in [0.05, 0.1) is 11.4 Å².